The summed E-state index contributed by atoms with van der Waals surface area (Å²) in [6.07, 6.45) is 10.5. The average Bonchev–Trinajstić information content (AvgIpc) is 3.20. The summed E-state index contributed by atoms with van der Waals surface area (Å²) in [5, 5.41) is 11.3. The number of amides is 1. The van der Waals surface area contributed by atoms with Crippen molar-refractivity contribution in [2.24, 2.45) is 13.0 Å². The summed E-state index contributed by atoms with van der Waals surface area (Å²) in [7, 11) is 2.00. The maximum absolute atomic E-state index is 12.4. The third kappa shape index (κ3) is 2.93. The summed E-state index contributed by atoms with van der Waals surface area (Å²) in [5.41, 5.74) is 1.17. The molecule has 8 nitrogen and oxygen atoms in total. The van der Waals surface area contributed by atoms with Crippen molar-refractivity contribution in [3.05, 3.63) is 30.6 Å². The van der Waals surface area contributed by atoms with Crippen LogP contribution >= 0.6 is 0 Å². The Morgan fingerprint density at radius 2 is 2.25 bits per heavy atom. The fourth-order valence-corrected chi connectivity index (χ4v) is 3.54. The number of carbonyl (C=O) groups is 1. The van der Waals surface area contributed by atoms with E-state index in [1.165, 1.54) is 12.1 Å². The van der Waals surface area contributed by atoms with Gasteiger partial charge in [-0.3, -0.25) is 9.69 Å². The predicted octanol–water partition coefficient (Wildman–Crippen LogP) is 0.353. The first-order valence-electron chi connectivity index (χ1n) is 8.54. The van der Waals surface area contributed by atoms with E-state index in [9.17, 15) is 4.79 Å². The third-order valence-corrected chi connectivity index (χ3v) is 5.25. The average molecular weight is 329 g/mol. The van der Waals surface area contributed by atoms with Crippen molar-refractivity contribution in [1.29, 1.82) is 0 Å². The van der Waals surface area contributed by atoms with Gasteiger partial charge in [-0.1, -0.05) is 11.6 Å². The van der Waals surface area contributed by atoms with Gasteiger partial charge in [0.15, 0.2) is 0 Å². The maximum Gasteiger partial charge on any atom is 0.223 e. The molecule has 128 valence electrons. The first-order valence-corrected chi connectivity index (χ1v) is 8.54. The Balaban J connectivity index is 1.47. The van der Waals surface area contributed by atoms with Gasteiger partial charge in [-0.15, -0.1) is 5.10 Å². The lowest BCUT2D eigenvalue weighted by Crippen LogP contribution is -2.45. The van der Waals surface area contributed by atoms with Crippen LogP contribution in [0.3, 0.4) is 0 Å². The normalized spacial score (nSPS) is 24.9. The van der Waals surface area contributed by atoms with E-state index in [0.717, 1.165) is 32.5 Å². The summed E-state index contributed by atoms with van der Waals surface area (Å²) in [6, 6.07) is 0.179. The molecule has 0 unspecified atom stereocenters. The van der Waals surface area contributed by atoms with Crippen LogP contribution in [0.15, 0.2) is 24.9 Å². The van der Waals surface area contributed by atoms with E-state index in [2.05, 4.69) is 25.5 Å². The molecule has 1 amide bonds. The Morgan fingerprint density at radius 1 is 1.38 bits per heavy atom. The summed E-state index contributed by atoms with van der Waals surface area (Å²) >= 11 is 0. The zero-order valence-corrected chi connectivity index (χ0v) is 13.9. The number of carbonyl (C=O) groups excluding carboxylic acids is 1. The SMILES string of the molecule is Cn1cncc1CN1C[C@@H](NC(=O)C2CCC2)[C@@H](n2ccnn2)C1. The highest BCUT2D eigenvalue weighted by Crippen LogP contribution is 2.28. The van der Waals surface area contributed by atoms with Gasteiger partial charge in [0.25, 0.3) is 0 Å². The number of aromatic nitrogens is 5. The molecule has 1 aliphatic heterocycles. The van der Waals surface area contributed by atoms with Gasteiger partial charge in [0, 0.05) is 45.0 Å². The molecule has 1 saturated carbocycles. The van der Waals surface area contributed by atoms with Gasteiger partial charge in [0.2, 0.25) is 5.91 Å². The van der Waals surface area contributed by atoms with E-state index in [4.69, 9.17) is 0 Å². The van der Waals surface area contributed by atoms with Crippen LogP contribution in [-0.4, -0.2) is 54.5 Å². The molecule has 24 heavy (non-hydrogen) atoms. The second-order valence-corrected chi connectivity index (χ2v) is 6.88. The second kappa shape index (κ2) is 6.35. The summed E-state index contributed by atoms with van der Waals surface area (Å²) in [4.78, 5) is 18.9. The Labute approximate surface area is 140 Å². The molecule has 2 aromatic rings. The molecule has 0 radical (unpaired) electrons. The van der Waals surface area contributed by atoms with Crippen molar-refractivity contribution in [2.75, 3.05) is 13.1 Å². The standard InChI is InChI=1S/C16H23N7O/c1-21-11-17-7-13(21)8-22-9-14(19-16(24)12-3-2-4-12)15(10-22)23-6-5-18-20-23/h5-7,11-12,14-15H,2-4,8-10H2,1H3,(H,19,24)/t14-,15+/m1/s1. The molecule has 1 aliphatic carbocycles. The zero-order valence-electron chi connectivity index (χ0n) is 13.9. The van der Waals surface area contributed by atoms with E-state index < -0.39 is 0 Å². The third-order valence-electron chi connectivity index (χ3n) is 5.25. The lowest BCUT2D eigenvalue weighted by Gasteiger charge is -2.27. The molecule has 8 heteroatoms. The number of hydrogen-bond acceptors (Lipinski definition) is 5. The monoisotopic (exact) mass is 329 g/mol. The minimum absolute atomic E-state index is 0.0630. The van der Waals surface area contributed by atoms with Crippen molar-refractivity contribution in [3.63, 3.8) is 0 Å². The number of nitrogens with one attached hydrogen (secondary N) is 1. The van der Waals surface area contributed by atoms with Crippen LogP contribution in [0.2, 0.25) is 0 Å². The lowest BCUT2D eigenvalue weighted by molar-refractivity contribution is -0.128. The molecule has 2 aromatic heterocycles. The number of nitrogens with zero attached hydrogens (tertiary/aromatic N) is 6. The number of rotatable bonds is 5. The van der Waals surface area contributed by atoms with E-state index in [1.54, 1.807) is 6.20 Å². The molecule has 2 atom stereocenters. The number of likely N-dealkylation sites (tertiary alicyclic amines) is 1. The molecule has 1 N–H and O–H groups in total. The van der Waals surface area contributed by atoms with Gasteiger partial charge in [0.05, 0.1) is 30.3 Å². The van der Waals surface area contributed by atoms with Crippen LogP contribution in [0.5, 0.6) is 0 Å². The molecule has 2 fully saturated rings. The molecule has 1 saturated heterocycles. The highest BCUT2D eigenvalue weighted by molar-refractivity contribution is 5.79. The number of hydrogen-bond donors (Lipinski definition) is 1. The molecule has 0 spiro atoms. The molecule has 4 rings (SSSR count). The van der Waals surface area contributed by atoms with Crippen molar-refractivity contribution in [3.8, 4) is 0 Å². The predicted molar refractivity (Wildman–Crippen MR) is 86.8 cm³/mol. The van der Waals surface area contributed by atoms with Crippen molar-refractivity contribution in [2.45, 2.75) is 37.9 Å². The highest BCUT2D eigenvalue weighted by Gasteiger charge is 2.37. The van der Waals surface area contributed by atoms with Gasteiger partial charge in [-0.05, 0) is 12.8 Å². The van der Waals surface area contributed by atoms with Gasteiger partial charge in [-0.2, -0.15) is 0 Å². The maximum atomic E-state index is 12.4. The summed E-state index contributed by atoms with van der Waals surface area (Å²) < 4.78 is 3.90. The Bertz CT molecular complexity index is 691. The first-order chi connectivity index (χ1) is 11.7. The van der Waals surface area contributed by atoms with Crippen LogP contribution in [-0.2, 0) is 18.4 Å². The van der Waals surface area contributed by atoms with Crippen LogP contribution < -0.4 is 5.32 Å². The molecular weight excluding hydrogens is 306 g/mol. The van der Waals surface area contributed by atoms with Gasteiger partial charge in [0.1, 0.15) is 0 Å². The first kappa shape index (κ1) is 15.3. The number of imidazole rings is 1. The van der Waals surface area contributed by atoms with Gasteiger partial charge >= 0.3 is 0 Å². The molecule has 3 heterocycles. The molecule has 0 aromatic carbocycles. The van der Waals surface area contributed by atoms with Crippen LogP contribution in [0, 0.1) is 5.92 Å². The second-order valence-electron chi connectivity index (χ2n) is 6.88. The van der Waals surface area contributed by atoms with Crippen LogP contribution in [0.4, 0.5) is 0 Å². The fourth-order valence-electron chi connectivity index (χ4n) is 3.54. The molecular formula is C16H23N7O. The quantitative estimate of drug-likeness (QED) is 0.856. The van der Waals surface area contributed by atoms with E-state index in [-0.39, 0.29) is 23.9 Å². The fraction of sp³-hybridized carbons (Fsp3) is 0.625. The van der Waals surface area contributed by atoms with Crippen molar-refractivity contribution in [1.82, 2.24) is 34.8 Å². The number of aryl methyl sites for hydroxylation is 1. The van der Waals surface area contributed by atoms with Crippen molar-refractivity contribution < 1.29 is 4.79 Å². The highest BCUT2D eigenvalue weighted by atomic mass is 16.2. The molecule has 0 bridgehead atoms. The lowest BCUT2D eigenvalue weighted by atomic mass is 9.84. The van der Waals surface area contributed by atoms with E-state index in [1.807, 2.05) is 35.0 Å². The zero-order chi connectivity index (χ0) is 16.5. The van der Waals surface area contributed by atoms with Crippen LogP contribution in [0.1, 0.15) is 31.0 Å². The van der Waals surface area contributed by atoms with Gasteiger partial charge < -0.3 is 9.88 Å². The van der Waals surface area contributed by atoms with E-state index >= 15 is 0 Å². The van der Waals surface area contributed by atoms with Crippen molar-refractivity contribution >= 4 is 5.91 Å². The minimum atomic E-state index is 0.0630. The Kier molecular flexibility index (Phi) is 4.05. The van der Waals surface area contributed by atoms with Crippen LogP contribution in [0.25, 0.3) is 0 Å². The minimum Gasteiger partial charge on any atom is -0.350 e. The topological polar surface area (TPSA) is 80.9 Å². The Morgan fingerprint density at radius 3 is 2.88 bits per heavy atom. The summed E-state index contributed by atoms with van der Waals surface area (Å²) in [5.74, 6) is 0.395. The smallest absolute Gasteiger partial charge is 0.223 e. The largest absolute Gasteiger partial charge is 0.350 e. The Hall–Kier alpha value is -2.22. The summed E-state index contributed by atoms with van der Waals surface area (Å²) in [6.45, 7) is 2.47. The molecule has 2 aliphatic rings. The van der Waals surface area contributed by atoms with E-state index in [0.29, 0.717) is 0 Å². The van der Waals surface area contributed by atoms with Gasteiger partial charge in [-0.25, -0.2) is 9.67 Å².